The molecule has 2 nitrogen and oxygen atoms in total. The molecule has 0 amide bonds. The van der Waals surface area contributed by atoms with Crippen molar-refractivity contribution < 1.29 is 0 Å². The quantitative estimate of drug-likeness (QED) is 0.781. The van der Waals surface area contributed by atoms with Gasteiger partial charge in [-0.3, -0.25) is 0 Å². The predicted octanol–water partition coefficient (Wildman–Crippen LogP) is 4.38. The molecule has 0 bridgehead atoms. The zero-order valence-electron chi connectivity index (χ0n) is 14.1. The van der Waals surface area contributed by atoms with Crippen molar-refractivity contribution in [1.82, 2.24) is 5.32 Å². The standard InChI is InChI=1S/C19H32N2/c1-4-20-15-19(13-7-5-6-8-14-19)16-21(3)18-11-9-17(2)10-12-18/h9-12,20H,4-8,13-16H2,1-3H3. The lowest BCUT2D eigenvalue weighted by Crippen LogP contribution is -2.43. The van der Waals surface area contributed by atoms with Crippen LogP contribution < -0.4 is 10.2 Å². The van der Waals surface area contributed by atoms with Crippen LogP contribution in [0.25, 0.3) is 0 Å². The van der Waals surface area contributed by atoms with Gasteiger partial charge < -0.3 is 10.2 Å². The third-order valence-electron chi connectivity index (χ3n) is 4.96. The van der Waals surface area contributed by atoms with E-state index in [1.807, 2.05) is 0 Å². The van der Waals surface area contributed by atoms with Gasteiger partial charge in [-0.05, 0) is 38.4 Å². The number of anilines is 1. The second kappa shape index (κ2) is 7.84. The summed E-state index contributed by atoms with van der Waals surface area (Å²) in [4.78, 5) is 2.46. The molecule has 0 aliphatic heterocycles. The highest BCUT2D eigenvalue weighted by Crippen LogP contribution is 2.36. The zero-order chi connectivity index (χ0) is 15.1. The highest BCUT2D eigenvalue weighted by molar-refractivity contribution is 5.47. The fourth-order valence-corrected chi connectivity index (χ4v) is 3.65. The fourth-order valence-electron chi connectivity index (χ4n) is 3.65. The van der Waals surface area contributed by atoms with E-state index in [1.54, 1.807) is 0 Å². The topological polar surface area (TPSA) is 15.3 Å². The summed E-state index contributed by atoms with van der Waals surface area (Å²) in [5, 5.41) is 3.63. The van der Waals surface area contributed by atoms with E-state index in [-0.39, 0.29) is 0 Å². The second-order valence-corrected chi connectivity index (χ2v) is 6.89. The minimum absolute atomic E-state index is 0.451. The molecule has 1 aromatic rings. The molecule has 1 aromatic carbocycles. The monoisotopic (exact) mass is 288 g/mol. The van der Waals surface area contributed by atoms with Gasteiger partial charge in [-0.1, -0.05) is 50.3 Å². The summed E-state index contributed by atoms with van der Waals surface area (Å²) in [7, 11) is 2.25. The first-order valence-electron chi connectivity index (χ1n) is 8.64. The summed E-state index contributed by atoms with van der Waals surface area (Å²) >= 11 is 0. The number of benzene rings is 1. The highest BCUT2D eigenvalue weighted by Gasteiger charge is 2.31. The van der Waals surface area contributed by atoms with Crippen molar-refractivity contribution in [3.05, 3.63) is 29.8 Å². The summed E-state index contributed by atoms with van der Waals surface area (Å²) in [5.74, 6) is 0. The molecule has 1 N–H and O–H groups in total. The molecule has 1 fully saturated rings. The van der Waals surface area contributed by atoms with Crippen LogP contribution in [0.15, 0.2) is 24.3 Å². The Hall–Kier alpha value is -1.02. The maximum atomic E-state index is 3.63. The van der Waals surface area contributed by atoms with E-state index < -0.39 is 0 Å². The first-order chi connectivity index (χ1) is 10.2. The van der Waals surface area contributed by atoms with Crippen molar-refractivity contribution >= 4 is 5.69 Å². The van der Waals surface area contributed by atoms with Crippen LogP contribution in [0.3, 0.4) is 0 Å². The van der Waals surface area contributed by atoms with E-state index in [4.69, 9.17) is 0 Å². The molecule has 0 radical (unpaired) electrons. The molecule has 0 atom stereocenters. The maximum Gasteiger partial charge on any atom is 0.0363 e. The summed E-state index contributed by atoms with van der Waals surface area (Å²) in [6, 6.07) is 8.95. The Balaban J connectivity index is 2.07. The van der Waals surface area contributed by atoms with Crippen LogP contribution in [0, 0.1) is 12.3 Å². The number of nitrogens with one attached hydrogen (secondary N) is 1. The molecule has 0 aromatic heterocycles. The summed E-state index contributed by atoms with van der Waals surface area (Å²) in [6.07, 6.45) is 8.37. The van der Waals surface area contributed by atoms with Crippen molar-refractivity contribution in [2.75, 3.05) is 31.6 Å². The zero-order valence-corrected chi connectivity index (χ0v) is 14.1. The number of aryl methyl sites for hydroxylation is 1. The molecule has 0 unspecified atom stereocenters. The summed E-state index contributed by atoms with van der Waals surface area (Å²) < 4.78 is 0. The van der Waals surface area contributed by atoms with Crippen LogP contribution in [0.2, 0.25) is 0 Å². The smallest absolute Gasteiger partial charge is 0.0363 e. The van der Waals surface area contributed by atoms with Crippen molar-refractivity contribution in [1.29, 1.82) is 0 Å². The second-order valence-electron chi connectivity index (χ2n) is 6.89. The Morgan fingerprint density at radius 3 is 2.24 bits per heavy atom. The lowest BCUT2D eigenvalue weighted by atomic mass is 9.79. The number of nitrogens with zero attached hydrogens (tertiary/aromatic N) is 1. The largest absolute Gasteiger partial charge is 0.374 e. The van der Waals surface area contributed by atoms with Gasteiger partial charge in [0.15, 0.2) is 0 Å². The third kappa shape index (κ3) is 4.74. The highest BCUT2D eigenvalue weighted by atomic mass is 15.1. The van der Waals surface area contributed by atoms with E-state index in [0.29, 0.717) is 5.41 Å². The number of rotatable bonds is 6. The van der Waals surface area contributed by atoms with Gasteiger partial charge in [0, 0.05) is 31.2 Å². The van der Waals surface area contributed by atoms with E-state index in [0.717, 1.165) is 6.54 Å². The van der Waals surface area contributed by atoms with Gasteiger partial charge in [0.25, 0.3) is 0 Å². The van der Waals surface area contributed by atoms with Gasteiger partial charge in [0.2, 0.25) is 0 Å². The molecular weight excluding hydrogens is 256 g/mol. The van der Waals surface area contributed by atoms with E-state index in [2.05, 4.69) is 55.4 Å². The van der Waals surface area contributed by atoms with E-state index in [1.165, 1.54) is 62.9 Å². The normalized spacial score (nSPS) is 18.2. The molecule has 1 aliphatic carbocycles. The van der Waals surface area contributed by atoms with Crippen molar-refractivity contribution in [3.8, 4) is 0 Å². The minimum atomic E-state index is 0.451. The Labute approximate surface area is 130 Å². The lowest BCUT2D eigenvalue weighted by Gasteiger charge is -2.38. The summed E-state index contributed by atoms with van der Waals surface area (Å²) in [6.45, 7) is 7.79. The summed E-state index contributed by atoms with van der Waals surface area (Å²) in [5.41, 5.74) is 3.14. The first-order valence-corrected chi connectivity index (χ1v) is 8.64. The van der Waals surface area contributed by atoms with Crippen LogP contribution in [0.1, 0.15) is 51.0 Å². The Kier molecular flexibility index (Phi) is 6.10. The van der Waals surface area contributed by atoms with Crippen LogP contribution in [-0.4, -0.2) is 26.7 Å². The van der Waals surface area contributed by atoms with Gasteiger partial charge in [-0.15, -0.1) is 0 Å². The van der Waals surface area contributed by atoms with Gasteiger partial charge in [-0.2, -0.15) is 0 Å². The van der Waals surface area contributed by atoms with Crippen LogP contribution in [0.4, 0.5) is 5.69 Å². The molecule has 21 heavy (non-hydrogen) atoms. The van der Waals surface area contributed by atoms with E-state index in [9.17, 15) is 0 Å². The van der Waals surface area contributed by atoms with Crippen LogP contribution in [-0.2, 0) is 0 Å². The molecular formula is C19H32N2. The Morgan fingerprint density at radius 1 is 1.05 bits per heavy atom. The average molecular weight is 288 g/mol. The third-order valence-corrected chi connectivity index (χ3v) is 4.96. The molecule has 0 saturated heterocycles. The van der Waals surface area contributed by atoms with Crippen molar-refractivity contribution in [2.45, 2.75) is 52.4 Å². The number of hydrogen-bond donors (Lipinski definition) is 1. The number of hydrogen-bond acceptors (Lipinski definition) is 2. The molecule has 0 spiro atoms. The molecule has 1 aliphatic rings. The van der Waals surface area contributed by atoms with E-state index >= 15 is 0 Å². The molecule has 0 heterocycles. The first kappa shape index (κ1) is 16.4. The SMILES string of the molecule is CCNCC1(CN(C)c2ccc(C)cc2)CCCCCC1. The fraction of sp³-hybridized carbons (Fsp3) is 0.684. The Bertz CT molecular complexity index is 402. The minimum Gasteiger partial charge on any atom is -0.374 e. The predicted molar refractivity (Wildman–Crippen MR) is 93.1 cm³/mol. The van der Waals surface area contributed by atoms with Gasteiger partial charge >= 0.3 is 0 Å². The van der Waals surface area contributed by atoms with Crippen molar-refractivity contribution in [3.63, 3.8) is 0 Å². The van der Waals surface area contributed by atoms with Gasteiger partial charge in [-0.25, -0.2) is 0 Å². The van der Waals surface area contributed by atoms with Crippen LogP contribution >= 0.6 is 0 Å². The van der Waals surface area contributed by atoms with Gasteiger partial charge in [0.1, 0.15) is 0 Å². The maximum absolute atomic E-state index is 3.63. The van der Waals surface area contributed by atoms with Gasteiger partial charge in [0.05, 0.1) is 0 Å². The molecule has 2 heteroatoms. The van der Waals surface area contributed by atoms with Crippen LogP contribution in [0.5, 0.6) is 0 Å². The molecule has 1 saturated carbocycles. The lowest BCUT2D eigenvalue weighted by molar-refractivity contribution is 0.241. The molecule has 2 rings (SSSR count). The Morgan fingerprint density at radius 2 is 1.67 bits per heavy atom. The van der Waals surface area contributed by atoms with Crippen molar-refractivity contribution in [2.24, 2.45) is 5.41 Å². The molecule has 118 valence electrons. The average Bonchev–Trinajstić information content (AvgIpc) is 2.72.